The van der Waals surface area contributed by atoms with E-state index in [1.165, 1.54) is 36.5 Å². The van der Waals surface area contributed by atoms with Crippen LogP contribution in [0.4, 0.5) is 11.5 Å². The summed E-state index contributed by atoms with van der Waals surface area (Å²) in [4.78, 5) is 12.2. The van der Waals surface area contributed by atoms with Crippen LogP contribution in [0.5, 0.6) is 0 Å². The zero-order valence-corrected chi connectivity index (χ0v) is 14.3. The standard InChI is InChI=1S/C16H13ClN4O3S/c17-12-4-2-5-13(10-12)21-25(23,24)14-6-1-3-11(9-14)16(22)19-15-7-8-18-20-15/h1-10,21H,(H2,18,19,20,22). The first-order valence-corrected chi connectivity index (χ1v) is 8.99. The second kappa shape index (κ2) is 6.96. The summed E-state index contributed by atoms with van der Waals surface area (Å²) in [6.07, 6.45) is 1.49. The lowest BCUT2D eigenvalue weighted by Crippen LogP contribution is -2.16. The molecule has 0 spiro atoms. The molecule has 0 atom stereocenters. The molecule has 0 fully saturated rings. The minimum absolute atomic E-state index is 0.0373. The maximum Gasteiger partial charge on any atom is 0.261 e. The zero-order valence-electron chi connectivity index (χ0n) is 12.7. The van der Waals surface area contributed by atoms with Crippen molar-refractivity contribution in [3.05, 3.63) is 71.4 Å². The van der Waals surface area contributed by atoms with Crippen LogP contribution in [0.25, 0.3) is 0 Å². The summed E-state index contributed by atoms with van der Waals surface area (Å²) >= 11 is 5.86. The molecule has 0 bridgehead atoms. The molecule has 0 saturated heterocycles. The first-order valence-electron chi connectivity index (χ1n) is 7.13. The van der Waals surface area contributed by atoms with Crippen molar-refractivity contribution >= 4 is 39.0 Å². The molecule has 3 N–H and O–H groups in total. The second-order valence-electron chi connectivity index (χ2n) is 5.07. The van der Waals surface area contributed by atoms with Crippen LogP contribution in [0.15, 0.2) is 65.7 Å². The summed E-state index contributed by atoms with van der Waals surface area (Å²) in [6.45, 7) is 0. The Kier molecular flexibility index (Phi) is 4.73. The van der Waals surface area contributed by atoms with E-state index in [9.17, 15) is 13.2 Å². The molecule has 1 aromatic heterocycles. The predicted molar refractivity (Wildman–Crippen MR) is 95.2 cm³/mol. The smallest absolute Gasteiger partial charge is 0.261 e. The van der Waals surface area contributed by atoms with Gasteiger partial charge in [0.05, 0.1) is 16.8 Å². The number of nitrogens with zero attached hydrogens (tertiary/aromatic N) is 1. The number of carbonyl (C=O) groups excluding carboxylic acids is 1. The average Bonchev–Trinajstić information content (AvgIpc) is 3.07. The summed E-state index contributed by atoms with van der Waals surface area (Å²) in [5.74, 6) is -0.0423. The first kappa shape index (κ1) is 17.0. The molecule has 0 radical (unpaired) electrons. The molecular formula is C16H13ClN4O3S. The Morgan fingerprint density at radius 3 is 2.60 bits per heavy atom. The molecule has 0 aliphatic rings. The van der Waals surface area contributed by atoms with Crippen molar-refractivity contribution < 1.29 is 13.2 Å². The van der Waals surface area contributed by atoms with Gasteiger partial charge in [-0.05, 0) is 36.4 Å². The number of amides is 1. The highest BCUT2D eigenvalue weighted by molar-refractivity contribution is 7.92. The molecule has 1 amide bonds. The number of halogens is 1. The minimum Gasteiger partial charge on any atom is -0.307 e. The van der Waals surface area contributed by atoms with Crippen LogP contribution in [0.1, 0.15) is 10.4 Å². The van der Waals surface area contributed by atoms with Crippen LogP contribution < -0.4 is 10.0 Å². The minimum atomic E-state index is -3.86. The van der Waals surface area contributed by atoms with Gasteiger partial charge in [-0.1, -0.05) is 23.7 Å². The molecular weight excluding hydrogens is 364 g/mol. The molecule has 0 aliphatic heterocycles. The highest BCUT2D eigenvalue weighted by Gasteiger charge is 2.17. The van der Waals surface area contributed by atoms with Crippen LogP contribution in [-0.4, -0.2) is 24.5 Å². The molecule has 3 rings (SSSR count). The number of aromatic amines is 1. The Hall–Kier alpha value is -2.84. The number of hydrogen-bond acceptors (Lipinski definition) is 4. The Labute approximate surface area is 149 Å². The van der Waals surface area contributed by atoms with E-state index >= 15 is 0 Å². The van der Waals surface area contributed by atoms with E-state index in [-0.39, 0.29) is 10.5 Å². The Morgan fingerprint density at radius 2 is 1.88 bits per heavy atom. The monoisotopic (exact) mass is 376 g/mol. The van der Waals surface area contributed by atoms with Gasteiger partial charge in [-0.2, -0.15) is 5.10 Å². The molecule has 7 nitrogen and oxygen atoms in total. The number of hydrogen-bond donors (Lipinski definition) is 3. The highest BCUT2D eigenvalue weighted by atomic mass is 35.5. The van der Waals surface area contributed by atoms with Gasteiger partial charge < -0.3 is 5.32 Å². The van der Waals surface area contributed by atoms with Crippen LogP contribution >= 0.6 is 11.6 Å². The van der Waals surface area contributed by atoms with E-state index in [1.54, 1.807) is 24.3 Å². The summed E-state index contributed by atoms with van der Waals surface area (Å²) in [5, 5.41) is 9.31. The lowest BCUT2D eigenvalue weighted by atomic mass is 10.2. The quantitative estimate of drug-likeness (QED) is 0.636. The number of anilines is 2. The number of benzene rings is 2. The summed E-state index contributed by atoms with van der Waals surface area (Å²) < 4.78 is 27.4. The summed E-state index contributed by atoms with van der Waals surface area (Å²) in [7, 11) is -3.86. The average molecular weight is 377 g/mol. The molecule has 3 aromatic rings. The van der Waals surface area contributed by atoms with Gasteiger partial charge in [0.2, 0.25) is 0 Å². The number of nitrogens with one attached hydrogen (secondary N) is 3. The van der Waals surface area contributed by atoms with E-state index in [1.807, 2.05) is 0 Å². The van der Waals surface area contributed by atoms with Crippen molar-refractivity contribution in [3.63, 3.8) is 0 Å². The lowest BCUT2D eigenvalue weighted by molar-refractivity contribution is 0.102. The number of sulfonamides is 1. The fraction of sp³-hybridized carbons (Fsp3) is 0. The fourth-order valence-corrected chi connectivity index (χ4v) is 3.38. The third-order valence-electron chi connectivity index (χ3n) is 3.23. The van der Waals surface area contributed by atoms with Gasteiger partial charge in [0.1, 0.15) is 5.82 Å². The van der Waals surface area contributed by atoms with Crippen molar-refractivity contribution in [1.82, 2.24) is 10.2 Å². The number of H-pyrrole nitrogens is 1. The molecule has 25 heavy (non-hydrogen) atoms. The SMILES string of the molecule is O=C(Nc1ccn[nH]1)c1cccc(S(=O)(=O)Nc2cccc(Cl)c2)c1. The van der Waals surface area contributed by atoms with E-state index in [0.29, 0.717) is 16.5 Å². The van der Waals surface area contributed by atoms with Crippen molar-refractivity contribution in [2.45, 2.75) is 4.90 Å². The molecule has 0 saturated carbocycles. The Balaban J connectivity index is 1.83. The van der Waals surface area contributed by atoms with Crippen LogP contribution in [0, 0.1) is 0 Å². The van der Waals surface area contributed by atoms with Gasteiger partial charge in [-0.15, -0.1) is 0 Å². The van der Waals surface area contributed by atoms with Gasteiger partial charge >= 0.3 is 0 Å². The van der Waals surface area contributed by atoms with Gasteiger partial charge in [0.15, 0.2) is 0 Å². The maximum atomic E-state index is 12.5. The molecule has 128 valence electrons. The largest absolute Gasteiger partial charge is 0.307 e. The van der Waals surface area contributed by atoms with Gasteiger partial charge in [-0.25, -0.2) is 8.42 Å². The van der Waals surface area contributed by atoms with Crippen molar-refractivity contribution in [2.75, 3.05) is 10.0 Å². The third-order valence-corrected chi connectivity index (χ3v) is 4.85. The topological polar surface area (TPSA) is 104 Å². The lowest BCUT2D eigenvalue weighted by Gasteiger charge is -2.09. The van der Waals surface area contributed by atoms with Gasteiger partial charge in [-0.3, -0.25) is 14.6 Å². The summed E-state index contributed by atoms with van der Waals surface area (Å²) in [5.41, 5.74) is 0.531. The second-order valence-corrected chi connectivity index (χ2v) is 7.19. The van der Waals surface area contributed by atoms with E-state index in [2.05, 4.69) is 20.2 Å². The van der Waals surface area contributed by atoms with Gasteiger partial charge in [0, 0.05) is 16.7 Å². The summed E-state index contributed by atoms with van der Waals surface area (Å²) in [6, 6.07) is 13.6. The highest BCUT2D eigenvalue weighted by Crippen LogP contribution is 2.20. The predicted octanol–water partition coefficient (Wildman–Crippen LogP) is 3.12. The molecule has 0 unspecified atom stereocenters. The van der Waals surface area contributed by atoms with Crippen molar-refractivity contribution in [2.24, 2.45) is 0 Å². The molecule has 1 heterocycles. The van der Waals surface area contributed by atoms with Crippen molar-refractivity contribution in [3.8, 4) is 0 Å². The van der Waals surface area contributed by atoms with E-state index in [4.69, 9.17) is 11.6 Å². The van der Waals surface area contributed by atoms with Crippen LogP contribution in [-0.2, 0) is 10.0 Å². The van der Waals surface area contributed by atoms with Crippen molar-refractivity contribution in [1.29, 1.82) is 0 Å². The van der Waals surface area contributed by atoms with Crippen LogP contribution in [0.2, 0.25) is 5.02 Å². The molecule has 2 aromatic carbocycles. The Morgan fingerprint density at radius 1 is 1.08 bits per heavy atom. The third kappa shape index (κ3) is 4.17. The fourth-order valence-electron chi connectivity index (χ4n) is 2.09. The number of rotatable bonds is 5. The van der Waals surface area contributed by atoms with E-state index in [0.717, 1.165) is 0 Å². The maximum absolute atomic E-state index is 12.5. The number of aromatic nitrogens is 2. The van der Waals surface area contributed by atoms with Crippen LogP contribution in [0.3, 0.4) is 0 Å². The zero-order chi connectivity index (χ0) is 17.9. The molecule has 9 heteroatoms. The molecule has 0 aliphatic carbocycles. The first-order chi connectivity index (χ1) is 11.9. The van der Waals surface area contributed by atoms with Gasteiger partial charge in [0.25, 0.3) is 15.9 Å². The Bertz CT molecular complexity index is 1000. The number of carbonyl (C=O) groups is 1. The van der Waals surface area contributed by atoms with E-state index < -0.39 is 15.9 Å². The normalized spacial score (nSPS) is 11.1.